The van der Waals surface area contributed by atoms with Crippen LogP contribution >= 0.6 is 0 Å². The standard InChI is InChI=1S/C15H32N2/c1-6-15(3,11-16-4)12-17(5)14-10-8-7-9-13(14)2/h13-14,16H,6-12H2,1-5H3. The van der Waals surface area contributed by atoms with Crippen molar-refractivity contribution in [2.45, 2.75) is 58.9 Å². The van der Waals surface area contributed by atoms with Crippen molar-refractivity contribution in [1.82, 2.24) is 10.2 Å². The molecule has 17 heavy (non-hydrogen) atoms. The lowest BCUT2D eigenvalue weighted by Crippen LogP contribution is -2.46. The van der Waals surface area contributed by atoms with Crippen LogP contribution in [0.25, 0.3) is 0 Å². The largest absolute Gasteiger partial charge is 0.319 e. The molecule has 0 spiro atoms. The third-order valence-electron chi connectivity index (χ3n) is 4.72. The molecule has 0 aliphatic heterocycles. The molecule has 0 aromatic heterocycles. The number of nitrogens with zero attached hydrogens (tertiary/aromatic N) is 1. The van der Waals surface area contributed by atoms with Crippen molar-refractivity contribution in [3.63, 3.8) is 0 Å². The second kappa shape index (κ2) is 6.75. The molecule has 1 saturated carbocycles. The maximum atomic E-state index is 3.35. The second-order valence-corrected chi connectivity index (χ2v) is 6.44. The first-order valence-electron chi connectivity index (χ1n) is 7.37. The fourth-order valence-corrected chi connectivity index (χ4v) is 3.39. The van der Waals surface area contributed by atoms with Gasteiger partial charge >= 0.3 is 0 Å². The molecule has 102 valence electrons. The molecule has 1 N–H and O–H groups in total. The molecule has 1 aliphatic carbocycles. The van der Waals surface area contributed by atoms with Crippen LogP contribution in [0.2, 0.25) is 0 Å². The SMILES string of the molecule is CCC(C)(CNC)CN(C)C1CCCCC1C. The Balaban J connectivity index is 2.53. The zero-order chi connectivity index (χ0) is 12.9. The highest BCUT2D eigenvalue weighted by molar-refractivity contribution is 4.84. The summed E-state index contributed by atoms with van der Waals surface area (Å²) in [6, 6.07) is 0.812. The molecule has 3 atom stereocenters. The number of hydrogen-bond donors (Lipinski definition) is 1. The Bertz CT molecular complexity index is 217. The van der Waals surface area contributed by atoms with Gasteiger partial charge in [-0.3, -0.25) is 0 Å². The Labute approximate surface area is 108 Å². The third kappa shape index (κ3) is 4.26. The van der Waals surface area contributed by atoms with E-state index in [0.29, 0.717) is 5.41 Å². The number of hydrogen-bond acceptors (Lipinski definition) is 2. The van der Waals surface area contributed by atoms with E-state index in [9.17, 15) is 0 Å². The predicted molar refractivity (Wildman–Crippen MR) is 76.4 cm³/mol. The van der Waals surface area contributed by atoms with Crippen LogP contribution in [0, 0.1) is 11.3 Å². The van der Waals surface area contributed by atoms with Crippen LogP contribution in [-0.2, 0) is 0 Å². The summed E-state index contributed by atoms with van der Waals surface area (Å²) in [7, 11) is 4.40. The normalized spacial score (nSPS) is 29.3. The summed E-state index contributed by atoms with van der Waals surface area (Å²) in [4.78, 5) is 2.63. The highest BCUT2D eigenvalue weighted by Crippen LogP contribution is 2.30. The Hall–Kier alpha value is -0.0800. The predicted octanol–water partition coefficient (Wildman–Crippen LogP) is 3.13. The smallest absolute Gasteiger partial charge is 0.0118 e. The minimum atomic E-state index is 0.417. The molecule has 1 rings (SSSR count). The van der Waals surface area contributed by atoms with Gasteiger partial charge in [0, 0.05) is 19.1 Å². The monoisotopic (exact) mass is 240 g/mol. The van der Waals surface area contributed by atoms with Crippen molar-refractivity contribution in [1.29, 1.82) is 0 Å². The van der Waals surface area contributed by atoms with E-state index in [1.807, 2.05) is 0 Å². The fraction of sp³-hybridized carbons (Fsp3) is 1.00. The maximum Gasteiger partial charge on any atom is 0.0118 e. The molecule has 0 radical (unpaired) electrons. The first-order valence-corrected chi connectivity index (χ1v) is 7.37. The quantitative estimate of drug-likeness (QED) is 0.767. The van der Waals surface area contributed by atoms with Crippen molar-refractivity contribution >= 4 is 0 Å². The lowest BCUT2D eigenvalue weighted by molar-refractivity contribution is 0.0885. The van der Waals surface area contributed by atoms with E-state index in [2.05, 4.69) is 45.1 Å². The summed E-state index contributed by atoms with van der Waals surface area (Å²) in [5.74, 6) is 0.879. The van der Waals surface area contributed by atoms with Crippen LogP contribution in [0.5, 0.6) is 0 Å². The van der Waals surface area contributed by atoms with Crippen LogP contribution in [-0.4, -0.2) is 38.1 Å². The van der Waals surface area contributed by atoms with E-state index >= 15 is 0 Å². The van der Waals surface area contributed by atoms with Gasteiger partial charge in [-0.25, -0.2) is 0 Å². The molecule has 2 heteroatoms. The maximum absolute atomic E-state index is 3.35. The van der Waals surface area contributed by atoms with Gasteiger partial charge in [0.1, 0.15) is 0 Å². The summed E-state index contributed by atoms with van der Waals surface area (Å²) in [5.41, 5.74) is 0.417. The zero-order valence-electron chi connectivity index (χ0n) is 12.6. The molecule has 0 aromatic rings. The van der Waals surface area contributed by atoms with Crippen LogP contribution in [0.1, 0.15) is 52.9 Å². The van der Waals surface area contributed by atoms with Gasteiger partial charge in [-0.2, -0.15) is 0 Å². The van der Waals surface area contributed by atoms with Crippen molar-refractivity contribution < 1.29 is 0 Å². The molecule has 0 saturated heterocycles. The molecule has 0 aromatic carbocycles. The van der Waals surface area contributed by atoms with Crippen LogP contribution < -0.4 is 5.32 Å². The first-order chi connectivity index (χ1) is 8.02. The first kappa shape index (κ1) is 15.0. The highest BCUT2D eigenvalue weighted by atomic mass is 15.1. The minimum Gasteiger partial charge on any atom is -0.319 e. The zero-order valence-corrected chi connectivity index (χ0v) is 12.6. The van der Waals surface area contributed by atoms with Gasteiger partial charge < -0.3 is 10.2 Å². The van der Waals surface area contributed by atoms with Gasteiger partial charge in [0.2, 0.25) is 0 Å². The van der Waals surface area contributed by atoms with Crippen LogP contribution in [0.4, 0.5) is 0 Å². The number of rotatable bonds is 6. The van der Waals surface area contributed by atoms with Gasteiger partial charge in [0.25, 0.3) is 0 Å². The molecule has 3 unspecified atom stereocenters. The van der Waals surface area contributed by atoms with Crippen LogP contribution in [0.3, 0.4) is 0 Å². The average molecular weight is 240 g/mol. The Morgan fingerprint density at radius 3 is 2.47 bits per heavy atom. The van der Waals surface area contributed by atoms with Crippen molar-refractivity contribution in [2.75, 3.05) is 27.2 Å². The van der Waals surface area contributed by atoms with Gasteiger partial charge in [0.05, 0.1) is 0 Å². The van der Waals surface area contributed by atoms with E-state index in [0.717, 1.165) is 18.5 Å². The van der Waals surface area contributed by atoms with Gasteiger partial charge in [-0.05, 0) is 44.7 Å². The molecule has 2 nitrogen and oxygen atoms in total. The second-order valence-electron chi connectivity index (χ2n) is 6.44. The average Bonchev–Trinajstić information content (AvgIpc) is 2.29. The summed E-state index contributed by atoms with van der Waals surface area (Å²) in [6.07, 6.45) is 6.93. The van der Waals surface area contributed by atoms with Crippen molar-refractivity contribution in [3.8, 4) is 0 Å². The van der Waals surface area contributed by atoms with Gasteiger partial charge in [0.15, 0.2) is 0 Å². The molecule has 0 bridgehead atoms. The van der Waals surface area contributed by atoms with E-state index in [1.54, 1.807) is 0 Å². The molecular weight excluding hydrogens is 208 g/mol. The summed E-state index contributed by atoms with van der Waals surface area (Å²) in [5, 5.41) is 3.35. The van der Waals surface area contributed by atoms with Gasteiger partial charge in [-0.1, -0.05) is 33.6 Å². The molecular formula is C15H32N2. The third-order valence-corrected chi connectivity index (χ3v) is 4.72. The van der Waals surface area contributed by atoms with Crippen molar-refractivity contribution in [3.05, 3.63) is 0 Å². The molecule has 1 fully saturated rings. The molecule has 0 amide bonds. The minimum absolute atomic E-state index is 0.417. The highest BCUT2D eigenvalue weighted by Gasteiger charge is 2.30. The Morgan fingerprint density at radius 1 is 1.29 bits per heavy atom. The Kier molecular flexibility index (Phi) is 5.94. The Morgan fingerprint density at radius 2 is 1.94 bits per heavy atom. The molecule has 1 aliphatic rings. The lowest BCUT2D eigenvalue weighted by Gasteiger charge is -2.41. The topological polar surface area (TPSA) is 15.3 Å². The van der Waals surface area contributed by atoms with E-state index in [1.165, 1.54) is 38.6 Å². The summed E-state index contributed by atoms with van der Waals surface area (Å²) in [6.45, 7) is 9.50. The summed E-state index contributed by atoms with van der Waals surface area (Å²) >= 11 is 0. The van der Waals surface area contributed by atoms with Crippen LogP contribution in [0.15, 0.2) is 0 Å². The van der Waals surface area contributed by atoms with Gasteiger partial charge in [-0.15, -0.1) is 0 Å². The van der Waals surface area contributed by atoms with E-state index < -0.39 is 0 Å². The number of nitrogens with one attached hydrogen (secondary N) is 1. The van der Waals surface area contributed by atoms with Crippen molar-refractivity contribution in [2.24, 2.45) is 11.3 Å². The van der Waals surface area contributed by atoms with E-state index in [-0.39, 0.29) is 0 Å². The fourth-order valence-electron chi connectivity index (χ4n) is 3.39. The lowest BCUT2D eigenvalue weighted by atomic mass is 9.82. The molecule has 0 heterocycles. The summed E-state index contributed by atoms with van der Waals surface area (Å²) < 4.78 is 0. The van der Waals surface area contributed by atoms with E-state index in [4.69, 9.17) is 0 Å².